The Morgan fingerprint density at radius 1 is 1.19 bits per heavy atom. The Bertz CT molecular complexity index is 658. The Morgan fingerprint density at radius 3 is 2.57 bits per heavy atom. The minimum absolute atomic E-state index is 0.108. The molecule has 0 aliphatic carbocycles. The molecule has 0 N–H and O–H groups in total. The molecule has 0 amide bonds. The summed E-state index contributed by atoms with van der Waals surface area (Å²) in [4.78, 5) is 0. The van der Waals surface area contributed by atoms with Crippen molar-refractivity contribution in [2.45, 2.75) is 17.9 Å². The summed E-state index contributed by atoms with van der Waals surface area (Å²) in [6.07, 6.45) is 0. The van der Waals surface area contributed by atoms with Crippen molar-refractivity contribution in [1.29, 1.82) is 0 Å². The van der Waals surface area contributed by atoms with Crippen LogP contribution in [0, 0.1) is 11.6 Å². The fraction of sp³-hybridized carbons (Fsp3) is 0.250. The monoisotopic (exact) mass is 310 g/mol. The molecule has 0 spiro atoms. The van der Waals surface area contributed by atoms with E-state index in [-0.39, 0.29) is 11.6 Å². The van der Waals surface area contributed by atoms with Crippen molar-refractivity contribution in [2.24, 2.45) is 0 Å². The van der Waals surface area contributed by atoms with Crippen LogP contribution in [0.5, 0.6) is 5.75 Å². The third-order valence-corrected chi connectivity index (χ3v) is 4.92. The number of rotatable bonds is 5. The Morgan fingerprint density at radius 2 is 1.90 bits per heavy atom. The van der Waals surface area contributed by atoms with Gasteiger partial charge in [0.05, 0.1) is 18.1 Å². The van der Waals surface area contributed by atoms with Gasteiger partial charge in [0.25, 0.3) is 0 Å². The molecule has 2 aromatic carbocycles. The summed E-state index contributed by atoms with van der Waals surface area (Å²) in [6, 6.07) is 10.3. The summed E-state index contributed by atoms with van der Waals surface area (Å²) in [5.41, 5.74) is 0.908. The summed E-state index contributed by atoms with van der Waals surface area (Å²) in [7, 11) is 0.0883. The molecular weight excluding hydrogens is 294 g/mol. The number of benzene rings is 2. The van der Waals surface area contributed by atoms with E-state index < -0.39 is 21.9 Å². The Balaban J connectivity index is 2.22. The highest BCUT2D eigenvalue weighted by Crippen LogP contribution is 2.27. The predicted octanol–water partition coefficient (Wildman–Crippen LogP) is 3.98. The molecule has 0 radical (unpaired) electrons. The van der Waals surface area contributed by atoms with E-state index in [4.69, 9.17) is 4.74 Å². The lowest BCUT2D eigenvalue weighted by atomic mass is 10.1. The first-order chi connectivity index (χ1) is 10.0. The molecule has 5 heteroatoms. The van der Waals surface area contributed by atoms with Gasteiger partial charge in [-0.15, -0.1) is 0 Å². The standard InChI is InChI=1S/C16H16F2O2S/c1-11(14-5-3-4-6-15(14)18)21(19)10-12-9-13(17)7-8-16(12)20-2/h3-9,11H,10H2,1-2H3/t11-,21-/m0/s1. The number of ether oxygens (including phenoxy) is 1. The van der Waals surface area contributed by atoms with E-state index in [2.05, 4.69) is 0 Å². The van der Waals surface area contributed by atoms with E-state index in [1.54, 1.807) is 25.1 Å². The zero-order chi connectivity index (χ0) is 15.4. The zero-order valence-electron chi connectivity index (χ0n) is 11.8. The first kappa shape index (κ1) is 15.6. The molecule has 2 rings (SSSR count). The summed E-state index contributed by atoms with van der Waals surface area (Å²) >= 11 is 0. The Kier molecular flexibility index (Phi) is 5.07. The highest BCUT2D eigenvalue weighted by atomic mass is 32.2. The first-order valence-electron chi connectivity index (χ1n) is 6.47. The van der Waals surface area contributed by atoms with Gasteiger partial charge in [0.15, 0.2) is 0 Å². The average molecular weight is 310 g/mol. The van der Waals surface area contributed by atoms with Gasteiger partial charge in [-0.1, -0.05) is 18.2 Å². The van der Waals surface area contributed by atoms with Crippen LogP contribution >= 0.6 is 0 Å². The van der Waals surface area contributed by atoms with E-state index in [9.17, 15) is 13.0 Å². The molecule has 0 unspecified atom stereocenters. The largest absolute Gasteiger partial charge is 0.496 e. The Hall–Kier alpha value is -1.75. The van der Waals surface area contributed by atoms with E-state index in [0.717, 1.165) is 0 Å². The number of hydrogen-bond acceptors (Lipinski definition) is 2. The molecule has 0 aliphatic heterocycles. The zero-order valence-corrected chi connectivity index (χ0v) is 12.6. The van der Waals surface area contributed by atoms with Gasteiger partial charge in [-0.25, -0.2) is 8.78 Å². The van der Waals surface area contributed by atoms with Crippen molar-refractivity contribution >= 4 is 10.8 Å². The maximum absolute atomic E-state index is 13.7. The fourth-order valence-electron chi connectivity index (χ4n) is 2.08. The summed E-state index contributed by atoms with van der Waals surface area (Å²) in [5, 5.41) is -0.487. The molecule has 0 heterocycles. The van der Waals surface area contributed by atoms with Crippen LogP contribution in [-0.2, 0) is 16.6 Å². The van der Waals surface area contributed by atoms with Crippen LogP contribution in [0.25, 0.3) is 0 Å². The van der Waals surface area contributed by atoms with Crippen molar-refractivity contribution in [2.75, 3.05) is 7.11 Å². The lowest BCUT2D eigenvalue weighted by molar-refractivity contribution is 0.410. The van der Waals surface area contributed by atoms with Gasteiger partial charge in [-0.05, 0) is 31.2 Å². The van der Waals surface area contributed by atoms with E-state index in [1.165, 1.54) is 31.4 Å². The van der Waals surface area contributed by atoms with Gasteiger partial charge in [-0.3, -0.25) is 4.21 Å². The highest BCUT2D eigenvalue weighted by molar-refractivity contribution is 7.84. The van der Waals surface area contributed by atoms with Crippen molar-refractivity contribution in [3.05, 3.63) is 65.2 Å². The Labute approximate surface area is 125 Å². The molecule has 112 valence electrons. The van der Waals surface area contributed by atoms with Crippen LogP contribution < -0.4 is 4.74 Å². The first-order valence-corrected chi connectivity index (χ1v) is 7.85. The summed E-state index contributed by atoms with van der Waals surface area (Å²) in [5.74, 6) is -0.215. The molecule has 2 aromatic rings. The molecule has 21 heavy (non-hydrogen) atoms. The van der Waals surface area contributed by atoms with Crippen molar-refractivity contribution in [3.8, 4) is 5.75 Å². The maximum atomic E-state index is 13.7. The normalized spacial score (nSPS) is 13.7. The molecule has 0 fully saturated rings. The van der Waals surface area contributed by atoms with Gasteiger partial charge in [0.2, 0.25) is 0 Å². The van der Waals surface area contributed by atoms with Crippen molar-refractivity contribution < 1.29 is 17.7 Å². The number of halogens is 2. The van der Waals surface area contributed by atoms with Gasteiger partial charge < -0.3 is 4.74 Å². The second-order valence-electron chi connectivity index (χ2n) is 4.64. The van der Waals surface area contributed by atoms with E-state index in [1.807, 2.05) is 0 Å². The SMILES string of the molecule is COc1ccc(F)cc1C[S@](=O)[C@@H](C)c1ccccc1F. The number of methoxy groups -OCH3 is 1. The lowest BCUT2D eigenvalue weighted by Crippen LogP contribution is -2.08. The predicted molar refractivity (Wildman–Crippen MR) is 79.6 cm³/mol. The van der Waals surface area contributed by atoms with Gasteiger partial charge in [0.1, 0.15) is 17.4 Å². The van der Waals surface area contributed by atoms with Crippen LogP contribution in [0.2, 0.25) is 0 Å². The molecular formula is C16H16F2O2S. The van der Waals surface area contributed by atoms with Crippen LogP contribution in [0.3, 0.4) is 0 Å². The minimum Gasteiger partial charge on any atom is -0.496 e. The second kappa shape index (κ2) is 6.80. The van der Waals surface area contributed by atoms with E-state index >= 15 is 0 Å². The highest BCUT2D eigenvalue weighted by Gasteiger charge is 2.19. The average Bonchev–Trinajstić information content (AvgIpc) is 2.47. The summed E-state index contributed by atoms with van der Waals surface area (Å²) < 4.78 is 44.6. The molecule has 2 atom stereocenters. The molecule has 0 saturated carbocycles. The van der Waals surface area contributed by atoms with Crippen molar-refractivity contribution in [3.63, 3.8) is 0 Å². The molecule has 2 nitrogen and oxygen atoms in total. The maximum Gasteiger partial charge on any atom is 0.127 e. The quantitative estimate of drug-likeness (QED) is 0.835. The number of hydrogen-bond donors (Lipinski definition) is 0. The van der Waals surface area contributed by atoms with Gasteiger partial charge in [0, 0.05) is 21.9 Å². The van der Waals surface area contributed by atoms with Crippen LogP contribution in [-0.4, -0.2) is 11.3 Å². The van der Waals surface area contributed by atoms with Crippen LogP contribution in [0.15, 0.2) is 42.5 Å². The topological polar surface area (TPSA) is 26.3 Å². The summed E-state index contributed by atoms with van der Waals surface area (Å²) in [6.45, 7) is 1.69. The van der Waals surface area contributed by atoms with Crippen LogP contribution in [0.1, 0.15) is 23.3 Å². The third kappa shape index (κ3) is 3.67. The second-order valence-corrected chi connectivity index (χ2v) is 6.40. The minimum atomic E-state index is -1.38. The molecule has 0 saturated heterocycles. The molecule has 0 aromatic heterocycles. The van der Waals surface area contributed by atoms with Crippen molar-refractivity contribution in [1.82, 2.24) is 0 Å². The van der Waals surface area contributed by atoms with Crippen LogP contribution in [0.4, 0.5) is 8.78 Å². The van der Waals surface area contributed by atoms with Gasteiger partial charge >= 0.3 is 0 Å². The fourth-order valence-corrected chi connectivity index (χ4v) is 3.34. The third-order valence-electron chi connectivity index (χ3n) is 3.28. The van der Waals surface area contributed by atoms with Gasteiger partial charge in [-0.2, -0.15) is 0 Å². The smallest absolute Gasteiger partial charge is 0.127 e. The molecule has 0 aliphatic rings. The lowest BCUT2D eigenvalue weighted by Gasteiger charge is -2.14. The molecule has 0 bridgehead atoms. The van der Waals surface area contributed by atoms with E-state index in [0.29, 0.717) is 16.9 Å².